The maximum atomic E-state index is 12.6. The summed E-state index contributed by atoms with van der Waals surface area (Å²) in [5, 5.41) is 19.4. The van der Waals surface area contributed by atoms with Gasteiger partial charge in [-0.3, -0.25) is 9.59 Å². The largest absolute Gasteiger partial charge is 0.506 e. The summed E-state index contributed by atoms with van der Waals surface area (Å²) in [6.45, 7) is -0.0763. The summed E-state index contributed by atoms with van der Waals surface area (Å²) in [7, 11) is 1.56. The number of rotatable bonds is 5. The number of pyridine rings is 1. The Kier molecular flexibility index (Phi) is 5.04. The number of carbonyl (C=O) groups is 1. The van der Waals surface area contributed by atoms with Gasteiger partial charge in [-0.05, 0) is 35.9 Å². The highest BCUT2D eigenvalue weighted by Crippen LogP contribution is 2.26. The van der Waals surface area contributed by atoms with E-state index in [1.165, 1.54) is 16.7 Å². The van der Waals surface area contributed by atoms with E-state index in [1.807, 2.05) is 6.07 Å². The van der Waals surface area contributed by atoms with E-state index in [0.717, 1.165) is 0 Å². The molecule has 0 bridgehead atoms. The fraction of sp³-hybridized carbons (Fsp3) is 0.0952. The van der Waals surface area contributed by atoms with Crippen LogP contribution in [0.4, 0.5) is 0 Å². The Bertz CT molecular complexity index is 1150. The molecule has 134 valence electrons. The zero-order chi connectivity index (χ0) is 19.4. The molecule has 0 aliphatic heterocycles. The molecule has 6 nitrogen and oxygen atoms in total. The van der Waals surface area contributed by atoms with Gasteiger partial charge in [-0.1, -0.05) is 30.3 Å². The molecule has 6 heteroatoms. The average Bonchev–Trinajstić information content (AvgIpc) is 2.69. The van der Waals surface area contributed by atoms with Crippen molar-refractivity contribution in [1.82, 2.24) is 4.57 Å². The summed E-state index contributed by atoms with van der Waals surface area (Å²) >= 11 is 0. The van der Waals surface area contributed by atoms with E-state index < -0.39 is 11.3 Å². The summed E-state index contributed by atoms with van der Waals surface area (Å²) in [5.74, 6) is -0.424. The average molecular weight is 360 g/mol. The first-order chi connectivity index (χ1) is 13.0. The van der Waals surface area contributed by atoms with Crippen molar-refractivity contribution in [3.8, 4) is 17.6 Å². The van der Waals surface area contributed by atoms with E-state index in [1.54, 1.807) is 55.6 Å². The van der Waals surface area contributed by atoms with Crippen molar-refractivity contribution in [2.45, 2.75) is 0 Å². The maximum Gasteiger partial charge on any atom is 0.265 e. The highest BCUT2D eigenvalue weighted by Gasteiger charge is 2.19. The van der Waals surface area contributed by atoms with E-state index in [9.17, 15) is 14.7 Å². The third-order valence-electron chi connectivity index (χ3n) is 4.11. The van der Waals surface area contributed by atoms with Crippen LogP contribution in [0.3, 0.4) is 0 Å². The van der Waals surface area contributed by atoms with E-state index in [0.29, 0.717) is 22.2 Å². The normalized spacial score (nSPS) is 10.8. The van der Waals surface area contributed by atoms with Gasteiger partial charge >= 0.3 is 0 Å². The number of ether oxygens (including phenoxy) is 1. The molecule has 0 saturated heterocycles. The van der Waals surface area contributed by atoms with Crippen molar-refractivity contribution in [1.29, 1.82) is 5.26 Å². The van der Waals surface area contributed by atoms with Gasteiger partial charge in [0.2, 0.25) is 0 Å². The van der Waals surface area contributed by atoms with Gasteiger partial charge in [-0.15, -0.1) is 0 Å². The number of aryl methyl sites for hydroxylation is 1. The zero-order valence-electron chi connectivity index (χ0n) is 14.5. The van der Waals surface area contributed by atoms with Crippen molar-refractivity contribution in [3.05, 3.63) is 76.1 Å². The molecular weight excluding hydrogens is 344 g/mol. The molecule has 0 aliphatic rings. The number of nitrogens with zero attached hydrogens (tertiary/aromatic N) is 2. The smallest absolute Gasteiger partial charge is 0.265 e. The second kappa shape index (κ2) is 7.58. The third-order valence-corrected chi connectivity index (χ3v) is 4.11. The molecule has 27 heavy (non-hydrogen) atoms. The Hall–Kier alpha value is -3.85. The number of hydrogen-bond donors (Lipinski definition) is 1. The lowest BCUT2D eigenvalue weighted by atomic mass is 10.1. The Morgan fingerprint density at radius 3 is 2.81 bits per heavy atom. The number of aromatic hydroxyl groups is 1. The maximum absolute atomic E-state index is 12.6. The van der Waals surface area contributed by atoms with Crippen LogP contribution in [0.1, 0.15) is 15.9 Å². The number of ketones is 1. The van der Waals surface area contributed by atoms with Crippen LogP contribution in [-0.2, 0) is 7.05 Å². The van der Waals surface area contributed by atoms with Crippen molar-refractivity contribution in [2.75, 3.05) is 6.61 Å². The van der Waals surface area contributed by atoms with Crippen molar-refractivity contribution < 1.29 is 14.6 Å². The Balaban J connectivity index is 1.97. The fourth-order valence-electron chi connectivity index (χ4n) is 2.78. The van der Waals surface area contributed by atoms with Gasteiger partial charge in [0.05, 0.1) is 5.52 Å². The first kappa shape index (κ1) is 18.0. The second-order valence-corrected chi connectivity index (χ2v) is 5.82. The molecular formula is C21H16N2O4. The molecule has 3 aromatic rings. The quantitative estimate of drug-likeness (QED) is 0.558. The number of aromatic nitrogens is 1. The lowest BCUT2D eigenvalue weighted by Gasteiger charge is -2.09. The number of benzene rings is 2. The van der Waals surface area contributed by atoms with Gasteiger partial charge in [-0.2, -0.15) is 5.26 Å². The monoisotopic (exact) mass is 360 g/mol. The minimum Gasteiger partial charge on any atom is -0.506 e. The molecule has 0 aliphatic carbocycles. The summed E-state index contributed by atoms with van der Waals surface area (Å²) in [4.78, 5) is 25.1. The number of nitriles is 1. The molecule has 0 spiro atoms. The van der Waals surface area contributed by atoms with Crippen LogP contribution < -0.4 is 10.3 Å². The molecule has 0 amide bonds. The molecule has 0 fully saturated rings. The number of allylic oxidation sites excluding steroid dienone is 1. The Morgan fingerprint density at radius 1 is 1.26 bits per heavy atom. The topological polar surface area (TPSA) is 92.3 Å². The zero-order valence-corrected chi connectivity index (χ0v) is 14.5. The SMILES string of the molecule is Cn1c(=O)c(C(=O)/C=C/c2cccc(OCC#N)c2)c(O)c2ccccc21. The molecule has 1 N–H and O–H groups in total. The van der Waals surface area contributed by atoms with Crippen LogP contribution in [0.15, 0.2) is 59.4 Å². The number of hydrogen-bond acceptors (Lipinski definition) is 5. The van der Waals surface area contributed by atoms with Crippen LogP contribution in [0.25, 0.3) is 17.0 Å². The standard InChI is InChI=1S/C21H16N2O4/c1-23-17-8-3-2-7-16(17)20(25)19(21(23)26)18(24)10-9-14-5-4-6-15(13-14)27-12-11-22/h2-10,13,25H,12H2,1H3/b10-9+. The molecule has 0 saturated carbocycles. The summed E-state index contributed by atoms with van der Waals surface area (Å²) in [5.41, 5.74) is 0.370. The van der Waals surface area contributed by atoms with Crippen molar-refractivity contribution in [2.24, 2.45) is 7.05 Å². The van der Waals surface area contributed by atoms with E-state index in [-0.39, 0.29) is 17.9 Å². The van der Waals surface area contributed by atoms with E-state index >= 15 is 0 Å². The molecule has 0 unspecified atom stereocenters. The van der Waals surface area contributed by atoms with Gasteiger partial charge < -0.3 is 14.4 Å². The lowest BCUT2D eigenvalue weighted by molar-refractivity contribution is 0.104. The minimum absolute atomic E-state index is 0.0763. The first-order valence-electron chi connectivity index (χ1n) is 8.16. The van der Waals surface area contributed by atoms with Gasteiger partial charge in [0.15, 0.2) is 12.4 Å². The molecule has 1 heterocycles. The van der Waals surface area contributed by atoms with Crippen LogP contribution in [0.2, 0.25) is 0 Å². The predicted molar refractivity (Wildman–Crippen MR) is 102 cm³/mol. The molecule has 0 radical (unpaired) electrons. The highest BCUT2D eigenvalue weighted by molar-refractivity contribution is 6.11. The number of carbonyl (C=O) groups excluding carboxylic acids is 1. The van der Waals surface area contributed by atoms with Crippen LogP contribution >= 0.6 is 0 Å². The van der Waals surface area contributed by atoms with Crippen LogP contribution in [0.5, 0.6) is 11.5 Å². The molecule has 1 aromatic heterocycles. The number of fused-ring (bicyclic) bond motifs is 1. The second-order valence-electron chi connectivity index (χ2n) is 5.82. The summed E-state index contributed by atoms with van der Waals surface area (Å²) in [6.07, 6.45) is 2.75. The lowest BCUT2D eigenvalue weighted by Crippen LogP contribution is -2.24. The minimum atomic E-state index is -0.595. The Labute approximate surface area is 155 Å². The number of para-hydroxylation sites is 1. The highest BCUT2D eigenvalue weighted by atomic mass is 16.5. The van der Waals surface area contributed by atoms with Crippen molar-refractivity contribution >= 4 is 22.8 Å². The predicted octanol–water partition coefficient (Wildman–Crippen LogP) is 3.04. The fourth-order valence-corrected chi connectivity index (χ4v) is 2.78. The van der Waals surface area contributed by atoms with Crippen LogP contribution in [-0.4, -0.2) is 22.1 Å². The van der Waals surface area contributed by atoms with E-state index in [4.69, 9.17) is 10.00 Å². The molecule has 0 atom stereocenters. The van der Waals surface area contributed by atoms with Gasteiger partial charge in [-0.25, -0.2) is 0 Å². The summed E-state index contributed by atoms with van der Waals surface area (Å²) < 4.78 is 6.56. The van der Waals surface area contributed by atoms with Crippen LogP contribution in [0, 0.1) is 11.3 Å². The van der Waals surface area contributed by atoms with E-state index in [2.05, 4.69) is 0 Å². The molecule has 3 rings (SSSR count). The first-order valence-corrected chi connectivity index (χ1v) is 8.16. The van der Waals surface area contributed by atoms with Crippen molar-refractivity contribution in [3.63, 3.8) is 0 Å². The van der Waals surface area contributed by atoms with Gasteiger partial charge in [0.25, 0.3) is 5.56 Å². The third kappa shape index (κ3) is 3.58. The Morgan fingerprint density at radius 2 is 2.04 bits per heavy atom. The molecule has 2 aromatic carbocycles. The van der Waals surface area contributed by atoms with Gasteiger partial charge in [0.1, 0.15) is 23.1 Å². The van der Waals surface area contributed by atoms with Gasteiger partial charge in [0, 0.05) is 12.4 Å². The summed E-state index contributed by atoms with van der Waals surface area (Å²) in [6, 6.07) is 15.6.